The fourth-order valence-electron chi connectivity index (χ4n) is 3.75. The van der Waals surface area contributed by atoms with Gasteiger partial charge in [0, 0.05) is 17.3 Å². The molecule has 2 aromatic carbocycles. The minimum absolute atomic E-state index is 0.0804. The second kappa shape index (κ2) is 9.91. The number of fused-ring (bicyclic) bond motifs is 1. The molecule has 2 N–H and O–H groups in total. The van der Waals surface area contributed by atoms with Gasteiger partial charge in [-0.2, -0.15) is 5.26 Å². The topological polar surface area (TPSA) is 91.5 Å². The Balaban J connectivity index is 1.62. The van der Waals surface area contributed by atoms with Gasteiger partial charge in [-0.3, -0.25) is 4.98 Å². The minimum atomic E-state index is -1.65. The van der Waals surface area contributed by atoms with E-state index in [1.165, 1.54) is 30.5 Å². The zero-order chi connectivity index (χ0) is 26.4. The fourth-order valence-corrected chi connectivity index (χ4v) is 4.22. The number of halogens is 5. The third-order valence-electron chi connectivity index (χ3n) is 5.60. The normalized spacial score (nSPS) is 15.7. The van der Waals surface area contributed by atoms with Crippen molar-refractivity contribution >= 4 is 68.7 Å². The van der Waals surface area contributed by atoms with E-state index in [2.05, 4.69) is 32.0 Å². The zero-order valence-corrected chi connectivity index (χ0v) is 21.5. The van der Waals surface area contributed by atoms with Gasteiger partial charge in [0.15, 0.2) is 0 Å². The van der Waals surface area contributed by atoms with Gasteiger partial charge in [0.1, 0.15) is 17.6 Å². The number of nitrogens with zero attached hydrogens (tertiary/aromatic N) is 5. The summed E-state index contributed by atoms with van der Waals surface area (Å²) in [7, 11) is 0. The van der Waals surface area contributed by atoms with Crippen LogP contribution in [-0.2, 0) is 0 Å². The first-order chi connectivity index (χ1) is 17.6. The van der Waals surface area contributed by atoms with Crippen LogP contribution in [0.3, 0.4) is 0 Å². The van der Waals surface area contributed by atoms with Crippen LogP contribution in [0, 0.1) is 17.1 Å². The maximum atomic E-state index is 13.7. The van der Waals surface area contributed by atoms with Gasteiger partial charge in [-0.1, -0.05) is 63.7 Å². The van der Waals surface area contributed by atoms with Gasteiger partial charge in [-0.15, -0.1) is 5.10 Å². The highest BCUT2D eigenvalue weighted by Crippen LogP contribution is 2.38. The molecule has 1 aliphatic carbocycles. The number of alkyl halides is 3. The molecule has 184 valence electrons. The van der Waals surface area contributed by atoms with Crippen LogP contribution < -0.4 is 10.6 Å². The molecule has 0 aliphatic heterocycles. The number of anilines is 2. The van der Waals surface area contributed by atoms with Crippen molar-refractivity contribution in [2.24, 2.45) is 0 Å². The zero-order valence-electron chi connectivity index (χ0n) is 19.4. The minimum Gasteiger partial charge on any atom is -0.379 e. The molecule has 0 bridgehead atoms. The van der Waals surface area contributed by atoms with E-state index >= 15 is 0 Å². The molecule has 1 atom stereocenters. The van der Waals surface area contributed by atoms with Crippen molar-refractivity contribution in [3.05, 3.63) is 76.5 Å². The molecule has 0 amide bonds. The lowest BCUT2D eigenvalue weighted by Crippen LogP contribution is -2.18. The Hall–Kier alpha value is -2.83. The summed E-state index contributed by atoms with van der Waals surface area (Å²) in [5.41, 5.74) is 2.19. The smallest absolute Gasteiger partial charge is 0.207 e. The first kappa shape index (κ1) is 23.6. The molecule has 1 aliphatic rings. The van der Waals surface area contributed by atoms with Crippen LogP contribution in [0.25, 0.3) is 10.9 Å². The van der Waals surface area contributed by atoms with Crippen molar-refractivity contribution in [2.75, 3.05) is 17.2 Å². The van der Waals surface area contributed by atoms with Gasteiger partial charge in [-0.25, -0.2) is 9.07 Å². The number of hydrogen-bond donors (Lipinski definition) is 2. The summed E-state index contributed by atoms with van der Waals surface area (Å²) >= 11 is 24.3. The third-order valence-corrected chi connectivity index (χ3v) is 6.29. The highest BCUT2D eigenvalue weighted by atomic mass is 35.6. The van der Waals surface area contributed by atoms with Crippen LogP contribution in [0.15, 0.2) is 48.8 Å². The monoisotopic (exact) mass is 564 g/mol. The van der Waals surface area contributed by atoms with Crippen LogP contribution in [-0.4, -0.2) is 30.3 Å². The number of aromatic nitrogens is 4. The molecule has 7 nitrogen and oxygen atoms in total. The van der Waals surface area contributed by atoms with Crippen molar-refractivity contribution in [2.45, 2.75) is 28.7 Å². The summed E-state index contributed by atoms with van der Waals surface area (Å²) in [5, 5.41) is 25.0. The standard InChI is InChI=1S/C24H18Cl4FN7/c25-19-8-16(7-18-21(32-12-24(26,27)28)14(9-30)10-31-23(18)19)33-22(13-1-3-15(29)4-2-13)20-11-36(35-34-20)17-5-6-17/h1-4,7-8,10-11,17,22,33H,5-6,12H2,(H,31,32)/t22-/m1/s1/i22D. The predicted octanol–water partition coefficient (Wildman–Crippen LogP) is 6.81. The molecule has 0 radical (unpaired) electrons. The van der Waals surface area contributed by atoms with Gasteiger partial charge in [-0.05, 0) is 42.7 Å². The first-order valence-corrected chi connectivity index (χ1v) is 12.4. The second-order valence-corrected chi connectivity index (χ2v) is 11.2. The molecular weight excluding hydrogens is 547 g/mol. The van der Waals surface area contributed by atoms with Crippen LogP contribution in [0.5, 0.6) is 0 Å². The van der Waals surface area contributed by atoms with E-state index in [1.807, 2.05) is 0 Å². The molecule has 2 aromatic heterocycles. The van der Waals surface area contributed by atoms with Gasteiger partial charge in [0.25, 0.3) is 0 Å². The molecule has 4 aromatic rings. The number of benzene rings is 2. The number of pyridine rings is 1. The highest BCUT2D eigenvalue weighted by Gasteiger charge is 2.27. The maximum absolute atomic E-state index is 13.7. The van der Waals surface area contributed by atoms with E-state index in [9.17, 15) is 11.0 Å². The molecule has 12 heteroatoms. The Morgan fingerprint density at radius 3 is 2.67 bits per heavy atom. The van der Waals surface area contributed by atoms with Gasteiger partial charge < -0.3 is 10.6 Å². The summed E-state index contributed by atoms with van der Waals surface area (Å²) in [6.45, 7) is -0.0804. The molecule has 5 rings (SSSR count). The van der Waals surface area contributed by atoms with E-state index in [1.54, 1.807) is 23.0 Å². The molecule has 1 fully saturated rings. The Morgan fingerprint density at radius 1 is 1.25 bits per heavy atom. The highest BCUT2D eigenvalue weighted by molar-refractivity contribution is 6.67. The van der Waals surface area contributed by atoms with Crippen LogP contribution in [0.4, 0.5) is 15.8 Å². The summed E-state index contributed by atoms with van der Waals surface area (Å²) in [6.07, 6.45) is 5.09. The molecule has 0 saturated heterocycles. The maximum Gasteiger partial charge on any atom is 0.207 e. The molecule has 2 heterocycles. The summed E-state index contributed by atoms with van der Waals surface area (Å²) in [5.74, 6) is -0.429. The molecular formula is C24H18Cl4FN7. The Bertz CT molecular complexity index is 1510. The van der Waals surface area contributed by atoms with E-state index in [0.29, 0.717) is 33.5 Å². The van der Waals surface area contributed by atoms with Gasteiger partial charge in [0.05, 0.1) is 48.0 Å². The van der Waals surface area contributed by atoms with Crippen LogP contribution >= 0.6 is 46.4 Å². The lowest BCUT2D eigenvalue weighted by Gasteiger charge is -2.20. The van der Waals surface area contributed by atoms with E-state index in [-0.39, 0.29) is 23.2 Å². The number of nitriles is 1. The number of nitrogens with one attached hydrogen (secondary N) is 2. The first-order valence-electron chi connectivity index (χ1n) is 11.4. The summed E-state index contributed by atoms with van der Waals surface area (Å²) in [6, 6.07) is 9.57. The fraction of sp³-hybridized carbons (Fsp3) is 0.250. The number of rotatable bonds is 7. The lowest BCUT2D eigenvalue weighted by atomic mass is 10.0. The van der Waals surface area contributed by atoms with E-state index in [4.69, 9.17) is 46.4 Å². The molecule has 36 heavy (non-hydrogen) atoms. The van der Waals surface area contributed by atoms with Crippen molar-refractivity contribution < 1.29 is 5.76 Å². The third kappa shape index (κ3) is 5.45. The Kier molecular flexibility index (Phi) is 6.48. The second-order valence-electron chi connectivity index (χ2n) is 8.30. The van der Waals surface area contributed by atoms with Crippen LogP contribution in [0.2, 0.25) is 5.02 Å². The number of hydrogen-bond acceptors (Lipinski definition) is 6. The molecule has 0 unspecified atom stereocenters. The average molecular weight is 566 g/mol. The molecule has 0 spiro atoms. The van der Waals surface area contributed by atoms with Crippen molar-refractivity contribution in [3.8, 4) is 6.07 Å². The van der Waals surface area contributed by atoms with Crippen molar-refractivity contribution in [1.82, 2.24) is 20.0 Å². The van der Waals surface area contributed by atoms with E-state index < -0.39 is 15.6 Å². The summed E-state index contributed by atoms with van der Waals surface area (Å²) in [4.78, 5) is 4.31. The predicted molar refractivity (Wildman–Crippen MR) is 140 cm³/mol. The van der Waals surface area contributed by atoms with Gasteiger partial charge in [0.2, 0.25) is 3.79 Å². The van der Waals surface area contributed by atoms with Crippen molar-refractivity contribution in [3.63, 3.8) is 0 Å². The Labute approximate surface area is 227 Å². The quantitative estimate of drug-likeness (QED) is 0.239. The Morgan fingerprint density at radius 2 is 2.00 bits per heavy atom. The van der Waals surface area contributed by atoms with Gasteiger partial charge >= 0.3 is 0 Å². The molecule has 1 saturated carbocycles. The van der Waals surface area contributed by atoms with Crippen molar-refractivity contribution in [1.29, 1.82) is 5.26 Å². The lowest BCUT2D eigenvalue weighted by molar-refractivity contribution is 0.610. The largest absolute Gasteiger partial charge is 0.379 e. The van der Waals surface area contributed by atoms with E-state index in [0.717, 1.165) is 12.8 Å². The SMILES string of the molecule is [2H][C@@](Nc1cc(Cl)c2ncc(C#N)c(NCC(Cl)(Cl)Cl)c2c1)(c1ccc(F)cc1)c1cn(C2CC2)nn1. The average Bonchev–Trinajstić information content (AvgIpc) is 3.58. The summed E-state index contributed by atoms with van der Waals surface area (Å²) < 4.78 is 23.3. The van der Waals surface area contributed by atoms with Crippen LogP contribution in [0.1, 0.15) is 43.1 Å².